The number of pyridine rings is 4. The molecular formula is C91H98N4+4. The highest BCUT2D eigenvalue weighted by Gasteiger charge is 2.22. The van der Waals surface area contributed by atoms with Gasteiger partial charge in [-0.05, 0) is 206 Å². The maximum Gasteiger partial charge on any atom is 0.213 e. The predicted octanol–water partition coefficient (Wildman–Crippen LogP) is 21.6. The van der Waals surface area contributed by atoms with E-state index >= 15 is 0 Å². The number of nitrogens with zero attached hydrogens (tertiary/aromatic N) is 4. The second kappa shape index (κ2) is 31.1. The molecule has 0 unspecified atom stereocenters. The van der Waals surface area contributed by atoms with Gasteiger partial charge in [0.15, 0.2) is 24.8 Å². The van der Waals surface area contributed by atoms with Crippen molar-refractivity contribution in [3.05, 3.63) is 311 Å². The molecule has 0 N–H and O–H groups in total. The van der Waals surface area contributed by atoms with Crippen LogP contribution in [-0.4, -0.2) is 0 Å². The van der Waals surface area contributed by atoms with Gasteiger partial charge >= 0.3 is 0 Å². The van der Waals surface area contributed by atoms with Gasteiger partial charge in [0.25, 0.3) is 0 Å². The molecule has 478 valence electrons. The summed E-state index contributed by atoms with van der Waals surface area (Å²) in [4.78, 5) is 0. The van der Waals surface area contributed by atoms with Gasteiger partial charge in [-0.3, -0.25) is 0 Å². The molecule has 0 spiro atoms. The van der Waals surface area contributed by atoms with Gasteiger partial charge in [-0.1, -0.05) is 201 Å². The van der Waals surface area contributed by atoms with Gasteiger partial charge in [0, 0.05) is 70.8 Å². The van der Waals surface area contributed by atoms with Gasteiger partial charge in [-0.15, -0.1) is 0 Å². The first-order chi connectivity index (χ1) is 46.0. The topological polar surface area (TPSA) is 15.5 Å². The molecule has 0 amide bonds. The van der Waals surface area contributed by atoms with E-state index < -0.39 is 0 Å². The van der Waals surface area contributed by atoms with Crippen molar-refractivity contribution in [3.8, 4) is 89.5 Å². The lowest BCUT2D eigenvalue weighted by molar-refractivity contribution is -0.660. The smallest absolute Gasteiger partial charge is 0.201 e. The predicted molar refractivity (Wildman–Crippen MR) is 399 cm³/mol. The number of hydrogen-bond donors (Lipinski definition) is 0. The van der Waals surface area contributed by atoms with Gasteiger partial charge in [-0.2, -0.15) is 0 Å². The van der Waals surface area contributed by atoms with Crippen LogP contribution in [0.2, 0.25) is 0 Å². The van der Waals surface area contributed by atoms with Crippen molar-refractivity contribution >= 4 is 0 Å². The highest BCUT2D eigenvalue weighted by molar-refractivity contribution is 5.75. The zero-order valence-electron chi connectivity index (χ0n) is 58.6. The van der Waals surface area contributed by atoms with Crippen LogP contribution in [0.15, 0.2) is 255 Å². The number of rotatable bonds is 10. The Morgan fingerprint density at radius 3 is 0.874 bits per heavy atom. The molecular weight excluding hydrogens is 1150 g/mol. The second-order valence-electron chi connectivity index (χ2n) is 27.1. The van der Waals surface area contributed by atoms with Crippen LogP contribution in [-0.2, 0) is 28.2 Å². The van der Waals surface area contributed by atoms with Crippen molar-refractivity contribution < 1.29 is 18.3 Å². The first-order valence-corrected chi connectivity index (χ1v) is 34.6. The van der Waals surface area contributed by atoms with Crippen molar-refractivity contribution in [2.24, 2.45) is 28.2 Å². The zero-order valence-corrected chi connectivity index (χ0v) is 58.6. The summed E-state index contributed by atoms with van der Waals surface area (Å²) in [6.07, 6.45) is 21.0. The lowest BCUT2D eigenvalue weighted by Crippen LogP contribution is -2.30. The molecule has 0 radical (unpaired) electrons. The highest BCUT2D eigenvalue weighted by atomic mass is 14.9. The van der Waals surface area contributed by atoms with E-state index in [1.807, 2.05) is 0 Å². The first-order valence-electron chi connectivity index (χ1n) is 34.6. The van der Waals surface area contributed by atoms with E-state index in [1.165, 1.54) is 203 Å². The van der Waals surface area contributed by atoms with Crippen LogP contribution in [0.5, 0.6) is 0 Å². The van der Waals surface area contributed by atoms with Gasteiger partial charge in [-0.25, -0.2) is 18.3 Å². The molecule has 2 saturated carbocycles. The molecule has 0 aliphatic heterocycles. The molecule has 2 aliphatic carbocycles. The Bertz CT molecular complexity index is 4610. The number of aryl methyl sites for hydroxylation is 12. The molecule has 4 aromatic heterocycles. The van der Waals surface area contributed by atoms with Crippen molar-refractivity contribution in [2.45, 2.75) is 125 Å². The van der Waals surface area contributed by atoms with E-state index in [-0.39, 0.29) is 0 Å². The summed E-state index contributed by atoms with van der Waals surface area (Å²) in [6.45, 7) is 17.3. The molecule has 4 heteroatoms. The molecule has 0 saturated heterocycles. The lowest BCUT2D eigenvalue weighted by atomic mass is 9.83. The maximum atomic E-state index is 2.42. The largest absolute Gasteiger partial charge is 0.213 e. The molecule has 14 rings (SSSR count). The summed E-state index contributed by atoms with van der Waals surface area (Å²) in [5.41, 5.74) is 34.1. The molecule has 12 aromatic rings. The number of hydrogen-bond acceptors (Lipinski definition) is 0. The minimum Gasteiger partial charge on any atom is -0.201 e. The molecule has 2 fully saturated rings. The fourth-order valence-corrected chi connectivity index (χ4v) is 14.2. The Morgan fingerprint density at radius 1 is 0.232 bits per heavy atom. The maximum absolute atomic E-state index is 2.42. The SMILES string of the molecule is Cc1cc(C)cc(-c2cc[n+](C)c(-c3ccccc3C)c2)c1.Cc1ccc(-c2cc[n+](C)c(-c3ccccc3C)c2)cc1C.Cc1ccccc1-c1cc(-c2cccc(C3CCCC3)c2)cc[n+]1C.Cc1ccccc1-c1cc(-c2cccc(C3CCCCC3)c2)cc[n+]1C. The van der Waals surface area contributed by atoms with Crippen LogP contribution >= 0.6 is 0 Å². The third-order valence-electron chi connectivity index (χ3n) is 20.0. The quantitative estimate of drug-likeness (QED) is 0.121. The second-order valence-corrected chi connectivity index (χ2v) is 27.1. The lowest BCUT2D eigenvalue weighted by Gasteiger charge is -2.22. The summed E-state index contributed by atoms with van der Waals surface area (Å²) < 4.78 is 8.81. The van der Waals surface area contributed by atoms with Crippen molar-refractivity contribution in [2.75, 3.05) is 0 Å². The van der Waals surface area contributed by atoms with Crippen LogP contribution in [0.25, 0.3) is 89.5 Å². The van der Waals surface area contributed by atoms with E-state index in [0.717, 1.165) is 11.8 Å². The van der Waals surface area contributed by atoms with E-state index in [0.29, 0.717) is 0 Å². The molecule has 8 aromatic carbocycles. The van der Waals surface area contributed by atoms with Crippen LogP contribution < -0.4 is 18.3 Å². The van der Waals surface area contributed by atoms with Crippen molar-refractivity contribution in [1.82, 2.24) is 0 Å². The first kappa shape index (κ1) is 66.8. The molecule has 4 nitrogen and oxygen atoms in total. The summed E-state index contributed by atoms with van der Waals surface area (Å²) in [5, 5.41) is 0. The van der Waals surface area contributed by atoms with Gasteiger partial charge in [0.2, 0.25) is 22.8 Å². The molecule has 0 bridgehead atoms. The van der Waals surface area contributed by atoms with E-state index in [9.17, 15) is 0 Å². The van der Waals surface area contributed by atoms with Gasteiger partial charge in [0.05, 0.1) is 0 Å². The monoisotopic (exact) mass is 1250 g/mol. The molecule has 2 aliphatic rings. The fourth-order valence-electron chi connectivity index (χ4n) is 14.2. The van der Waals surface area contributed by atoms with Crippen molar-refractivity contribution in [3.63, 3.8) is 0 Å². The Hall–Kier alpha value is -9.64. The molecule has 95 heavy (non-hydrogen) atoms. The van der Waals surface area contributed by atoms with E-state index in [4.69, 9.17) is 0 Å². The van der Waals surface area contributed by atoms with E-state index in [2.05, 4.69) is 357 Å². The van der Waals surface area contributed by atoms with Crippen LogP contribution in [0, 0.1) is 55.4 Å². The zero-order chi connectivity index (χ0) is 66.5. The molecule has 4 heterocycles. The summed E-state index contributed by atoms with van der Waals surface area (Å²) in [5.74, 6) is 1.51. The van der Waals surface area contributed by atoms with Crippen molar-refractivity contribution in [1.29, 1.82) is 0 Å². The minimum atomic E-state index is 0.749. The standard InChI is InChI=1S/C25H28N.C24H26N.2C21H22N/c1-19-9-6-7-14-24(19)25-18-23(15-16-26(25)2)22-13-8-12-21(17-22)20-10-4-3-5-11-20;1-18-8-3-6-13-23(18)24-17-22(14-15-25(24)2)21-12-7-11-20(16-21)19-9-4-5-10-19;1-15-11-16(2)13-19(12-15)18-9-10-22(4)21(14-18)20-8-6-5-7-17(20)3;1-15-9-10-18(13-17(15)3)19-11-12-22(4)21(14-19)20-8-6-5-7-16(20)2/h6-9,12-18,20H,3-5,10-11H2,1-2H3;3,6-8,11-17,19H,4-5,9-10H2,1-2H3;2*5-14H,1-4H3/q4*+1. The number of benzene rings is 8. The highest BCUT2D eigenvalue weighted by Crippen LogP contribution is 2.38. The average molecular weight is 1250 g/mol. The fraction of sp³-hybridized carbons (Fsp3) is 0.253. The Labute approximate surface area is 568 Å². The van der Waals surface area contributed by atoms with Gasteiger partial charge < -0.3 is 0 Å². The average Bonchev–Trinajstić information content (AvgIpc) is 1.19. The third kappa shape index (κ3) is 16.5. The normalized spacial score (nSPS) is 13.0. The Morgan fingerprint density at radius 2 is 0.537 bits per heavy atom. The number of aromatic nitrogens is 4. The van der Waals surface area contributed by atoms with Crippen LogP contribution in [0.3, 0.4) is 0 Å². The summed E-state index contributed by atoms with van der Waals surface area (Å²) >= 11 is 0. The third-order valence-corrected chi connectivity index (χ3v) is 20.0. The Balaban J connectivity index is 0.000000129. The summed E-state index contributed by atoms with van der Waals surface area (Å²) in [7, 11) is 8.46. The minimum absolute atomic E-state index is 0.749. The van der Waals surface area contributed by atoms with Crippen LogP contribution in [0.1, 0.15) is 125 Å². The Kier molecular flexibility index (Phi) is 21.8. The molecule has 0 atom stereocenters. The van der Waals surface area contributed by atoms with Crippen LogP contribution in [0.4, 0.5) is 0 Å². The van der Waals surface area contributed by atoms with E-state index in [1.54, 1.807) is 0 Å². The summed E-state index contributed by atoms with van der Waals surface area (Å²) in [6, 6.07) is 84.3. The van der Waals surface area contributed by atoms with Gasteiger partial charge in [0.1, 0.15) is 28.2 Å².